The average molecular weight is 654 g/mol. The highest BCUT2D eigenvalue weighted by molar-refractivity contribution is 6.02. The van der Waals surface area contributed by atoms with Crippen LogP contribution in [0.1, 0.15) is 83.8 Å². The lowest BCUT2D eigenvalue weighted by Crippen LogP contribution is -2.53. The molecule has 2 atom stereocenters. The fraction of sp³-hybridized carbons (Fsp3) is 0.656. The topological polar surface area (TPSA) is 162 Å². The maximum atomic E-state index is 13.4. The van der Waals surface area contributed by atoms with Gasteiger partial charge in [0.05, 0.1) is 25.8 Å². The van der Waals surface area contributed by atoms with Gasteiger partial charge < -0.3 is 30.2 Å². The first-order valence-corrected chi connectivity index (χ1v) is 15.8. The number of nitrogens with zero attached hydrogens (tertiary/aromatic N) is 2. The second-order valence-electron chi connectivity index (χ2n) is 11.3. The molecular formula is C32H52ClN5O7. The molecule has 1 saturated heterocycles. The van der Waals surface area contributed by atoms with Crippen molar-refractivity contribution in [2.45, 2.75) is 91.3 Å². The van der Waals surface area contributed by atoms with E-state index in [0.29, 0.717) is 38.2 Å². The Morgan fingerprint density at radius 3 is 2.42 bits per heavy atom. The van der Waals surface area contributed by atoms with Crippen LogP contribution in [0.3, 0.4) is 0 Å². The quantitative estimate of drug-likeness (QED) is 0.0874. The van der Waals surface area contributed by atoms with Crippen molar-refractivity contribution in [1.82, 2.24) is 15.5 Å². The average Bonchev–Trinajstić information content (AvgIpc) is 3.49. The number of hydrogen-bond donors (Lipinski definition) is 3. The van der Waals surface area contributed by atoms with Crippen molar-refractivity contribution in [3.63, 3.8) is 0 Å². The van der Waals surface area contributed by atoms with Crippen molar-refractivity contribution in [1.29, 1.82) is 0 Å². The Morgan fingerprint density at radius 2 is 1.76 bits per heavy atom. The minimum absolute atomic E-state index is 0. The van der Waals surface area contributed by atoms with E-state index in [9.17, 15) is 19.2 Å². The highest BCUT2D eigenvalue weighted by Crippen LogP contribution is 2.21. The van der Waals surface area contributed by atoms with Gasteiger partial charge in [0.25, 0.3) is 0 Å². The Kier molecular flexibility index (Phi) is 19.7. The summed E-state index contributed by atoms with van der Waals surface area (Å²) >= 11 is 0. The molecule has 254 valence electrons. The van der Waals surface area contributed by atoms with Crippen molar-refractivity contribution < 1.29 is 33.4 Å². The SMILES string of the molecule is CCCCCCOCCOC(=O)N=C(N)c1ccc(CNC(=O)[C@@H]2CCCN2C(=O)[C@@H](CC(C)C)NCC(=O)OCC)cc1.Cl. The summed E-state index contributed by atoms with van der Waals surface area (Å²) in [4.78, 5) is 55.8. The Balaban J connectivity index is 0.0000101. The van der Waals surface area contributed by atoms with Gasteiger partial charge in [-0.05, 0) is 44.1 Å². The van der Waals surface area contributed by atoms with Crippen molar-refractivity contribution in [2.75, 3.05) is 39.5 Å². The molecule has 0 saturated carbocycles. The van der Waals surface area contributed by atoms with Crippen LogP contribution < -0.4 is 16.4 Å². The number of halogens is 1. The van der Waals surface area contributed by atoms with Gasteiger partial charge in [-0.15, -0.1) is 12.4 Å². The van der Waals surface area contributed by atoms with E-state index in [2.05, 4.69) is 22.5 Å². The minimum Gasteiger partial charge on any atom is -0.465 e. The number of esters is 1. The summed E-state index contributed by atoms with van der Waals surface area (Å²) in [6.45, 7) is 9.89. The molecule has 0 unspecified atom stereocenters. The van der Waals surface area contributed by atoms with E-state index in [-0.39, 0.29) is 62.3 Å². The molecular weight excluding hydrogens is 602 g/mol. The summed E-state index contributed by atoms with van der Waals surface area (Å²) in [6.07, 6.45) is 5.50. The molecule has 1 aliphatic heterocycles. The van der Waals surface area contributed by atoms with Crippen molar-refractivity contribution in [2.24, 2.45) is 16.6 Å². The third-order valence-electron chi connectivity index (χ3n) is 7.17. The lowest BCUT2D eigenvalue weighted by molar-refractivity contribution is -0.143. The van der Waals surface area contributed by atoms with E-state index in [0.717, 1.165) is 24.8 Å². The normalized spacial score (nSPS) is 15.4. The van der Waals surface area contributed by atoms with Gasteiger partial charge in [0.15, 0.2) is 0 Å². The number of carbonyl (C=O) groups is 4. The van der Waals surface area contributed by atoms with Crippen LogP contribution >= 0.6 is 12.4 Å². The molecule has 12 nitrogen and oxygen atoms in total. The standard InChI is InChI=1S/C32H51N5O7.ClH/c1-5-7-8-9-17-42-18-19-44-32(41)36-29(33)25-14-12-24(13-15-25)21-35-30(39)27-11-10-16-37(27)31(40)26(20-23(3)4)34-22-28(38)43-6-2;/h12-15,23,26-27,34H,5-11,16-22H2,1-4H3,(H,35,39)(H2,33,36,41);1H/t26-,27+;/m1./s1. The van der Waals surface area contributed by atoms with Crippen LogP contribution in [0.15, 0.2) is 29.3 Å². The van der Waals surface area contributed by atoms with Crippen LogP contribution in [0.5, 0.6) is 0 Å². The number of likely N-dealkylation sites (tertiary alicyclic amines) is 1. The summed E-state index contributed by atoms with van der Waals surface area (Å²) < 4.78 is 15.5. The smallest absolute Gasteiger partial charge is 0.435 e. The van der Waals surface area contributed by atoms with E-state index in [1.807, 2.05) is 13.8 Å². The van der Waals surface area contributed by atoms with Gasteiger partial charge in [-0.25, -0.2) is 4.79 Å². The van der Waals surface area contributed by atoms with Gasteiger partial charge in [-0.1, -0.05) is 64.3 Å². The molecule has 1 heterocycles. The van der Waals surface area contributed by atoms with E-state index < -0.39 is 24.1 Å². The number of hydrogen-bond acceptors (Lipinski definition) is 8. The van der Waals surface area contributed by atoms with Crippen LogP contribution in [-0.2, 0) is 35.1 Å². The first-order chi connectivity index (χ1) is 21.2. The molecule has 1 aliphatic rings. The summed E-state index contributed by atoms with van der Waals surface area (Å²) in [5, 5.41) is 5.95. The molecule has 13 heteroatoms. The number of aliphatic imine (C=N–C) groups is 1. The zero-order valence-electron chi connectivity index (χ0n) is 27.2. The number of rotatable bonds is 19. The number of nitrogens with two attached hydrogens (primary N) is 1. The molecule has 0 aromatic heterocycles. The number of unbranched alkanes of at least 4 members (excludes halogenated alkanes) is 3. The zero-order chi connectivity index (χ0) is 32.3. The number of benzene rings is 1. The highest BCUT2D eigenvalue weighted by atomic mass is 35.5. The van der Waals surface area contributed by atoms with Gasteiger partial charge in [0.1, 0.15) is 18.5 Å². The van der Waals surface area contributed by atoms with Gasteiger partial charge >= 0.3 is 12.1 Å². The summed E-state index contributed by atoms with van der Waals surface area (Å²) in [5.74, 6) is -0.599. The fourth-order valence-corrected chi connectivity index (χ4v) is 4.88. The minimum atomic E-state index is -0.782. The van der Waals surface area contributed by atoms with Crippen LogP contribution in [-0.4, -0.2) is 86.2 Å². The molecule has 2 rings (SSSR count). The molecule has 45 heavy (non-hydrogen) atoms. The Morgan fingerprint density at radius 1 is 1.02 bits per heavy atom. The number of amidine groups is 1. The summed E-state index contributed by atoms with van der Waals surface area (Å²) in [7, 11) is 0. The van der Waals surface area contributed by atoms with E-state index >= 15 is 0 Å². The maximum Gasteiger partial charge on any atom is 0.435 e. The zero-order valence-corrected chi connectivity index (χ0v) is 28.0. The fourth-order valence-electron chi connectivity index (χ4n) is 4.88. The number of ether oxygens (including phenoxy) is 3. The second kappa shape index (κ2) is 22.3. The summed E-state index contributed by atoms with van der Waals surface area (Å²) in [5.41, 5.74) is 7.34. The predicted molar refractivity (Wildman–Crippen MR) is 175 cm³/mol. The van der Waals surface area contributed by atoms with Crippen molar-refractivity contribution in [3.05, 3.63) is 35.4 Å². The number of amides is 3. The molecule has 4 N–H and O–H groups in total. The molecule has 0 radical (unpaired) electrons. The van der Waals surface area contributed by atoms with Gasteiger partial charge in [-0.3, -0.25) is 19.7 Å². The highest BCUT2D eigenvalue weighted by Gasteiger charge is 2.37. The molecule has 0 bridgehead atoms. The van der Waals surface area contributed by atoms with Crippen molar-refractivity contribution in [3.8, 4) is 0 Å². The molecule has 1 aromatic rings. The monoisotopic (exact) mass is 653 g/mol. The Hall–Kier alpha value is -3.22. The number of nitrogens with one attached hydrogen (secondary N) is 2. The van der Waals surface area contributed by atoms with E-state index in [1.165, 1.54) is 12.8 Å². The summed E-state index contributed by atoms with van der Waals surface area (Å²) in [6, 6.07) is 5.82. The number of carbonyl (C=O) groups excluding carboxylic acids is 4. The Labute approximate surface area is 273 Å². The molecule has 0 aliphatic carbocycles. The van der Waals surface area contributed by atoms with Crippen LogP contribution in [0.4, 0.5) is 4.79 Å². The third-order valence-corrected chi connectivity index (χ3v) is 7.17. The lowest BCUT2D eigenvalue weighted by Gasteiger charge is -2.29. The molecule has 1 aromatic carbocycles. The molecule has 1 fully saturated rings. The van der Waals surface area contributed by atoms with E-state index in [1.54, 1.807) is 36.1 Å². The largest absolute Gasteiger partial charge is 0.465 e. The van der Waals surface area contributed by atoms with Gasteiger partial charge in [0, 0.05) is 25.3 Å². The van der Waals surface area contributed by atoms with Crippen LogP contribution in [0.2, 0.25) is 0 Å². The predicted octanol–water partition coefficient (Wildman–Crippen LogP) is 3.72. The first-order valence-electron chi connectivity index (χ1n) is 15.8. The van der Waals surface area contributed by atoms with E-state index in [4.69, 9.17) is 19.9 Å². The lowest BCUT2D eigenvalue weighted by atomic mass is 10.0. The molecule has 3 amide bonds. The Bertz CT molecular complexity index is 1080. The van der Waals surface area contributed by atoms with Gasteiger partial charge in [-0.2, -0.15) is 4.99 Å². The second-order valence-corrected chi connectivity index (χ2v) is 11.3. The molecule has 0 spiro atoms. The maximum absolute atomic E-state index is 13.4. The third kappa shape index (κ3) is 15.1. The van der Waals surface area contributed by atoms with Crippen LogP contribution in [0, 0.1) is 5.92 Å². The van der Waals surface area contributed by atoms with Gasteiger partial charge in [0.2, 0.25) is 11.8 Å². The van der Waals surface area contributed by atoms with Crippen LogP contribution in [0.25, 0.3) is 0 Å². The first kappa shape index (κ1) is 39.8. The van der Waals surface area contributed by atoms with Crippen molar-refractivity contribution >= 4 is 42.1 Å².